The summed E-state index contributed by atoms with van der Waals surface area (Å²) >= 11 is 0. The molecule has 0 bridgehead atoms. The third-order valence-corrected chi connectivity index (χ3v) is 2.26. The Morgan fingerprint density at radius 2 is 2.12 bits per heavy atom. The van der Waals surface area contributed by atoms with Crippen molar-refractivity contribution in [3.05, 3.63) is 0 Å². The van der Waals surface area contributed by atoms with E-state index in [0.717, 1.165) is 26.1 Å². The van der Waals surface area contributed by atoms with E-state index in [1.54, 1.807) is 0 Å². The molecule has 5 N–H and O–H groups in total. The second-order valence-electron chi connectivity index (χ2n) is 2.94. The lowest BCUT2D eigenvalue weighted by molar-refractivity contribution is 0.0267. The van der Waals surface area contributed by atoms with Crippen molar-refractivity contribution in [1.29, 1.82) is 0 Å². The Morgan fingerprint density at radius 1 is 1.50 bits per heavy atom. The minimum atomic E-state index is -4.17. The summed E-state index contributed by atoms with van der Waals surface area (Å²) in [5.41, 5.74) is 0. The van der Waals surface area contributed by atoms with Crippen molar-refractivity contribution in [2.45, 2.75) is 26.4 Å². The fourth-order valence-corrected chi connectivity index (χ4v) is 1.33. The Morgan fingerprint density at radius 3 is 2.31 bits per heavy atom. The maximum Gasteiger partial charge on any atom is 0.397 e. The van der Waals surface area contributed by atoms with Crippen LogP contribution in [-0.2, 0) is 19.3 Å². The minimum Gasteiger partial charge on any atom is -0.376 e. The SMILES string of the molecule is CCC1CNCCO1.CCOS(=O)(=O)O.N. The third-order valence-electron chi connectivity index (χ3n) is 1.73. The van der Waals surface area contributed by atoms with Gasteiger partial charge in [-0.1, -0.05) is 6.92 Å². The number of rotatable bonds is 3. The molecule has 1 fully saturated rings. The zero-order chi connectivity index (χ0) is 11.7. The van der Waals surface area contributed by atoms with Crippen LogP contribution in [0, 0.1) is 0 Å². The van der Waals surface area contributed by atoms with Crippen molar-refractivity contribution in [1.82, 2.24) is 11.5 Å². The monoisotopic (exact) mass is 258 g/mol. The van der Waals surface area contributed by atoms with E-state index < -0.39 is 10.4 Å². The van der Waals surface area contributed by atoms with E-state index in [-0.39, 0.29) is 12.8 Å². The quantitative estimate of drug-likeness (QED) is 0.625. The lowest BCUT2D eigenvalue weighted by Crippen LogP contribution is -2.37. The molecule has 7 nitrogen and oxygen atoms in total. The molecule has 1 unspecified atom stereocenters. The summed E-state index contributed by atoms with van der Waals surface area (Å²) in [5.74, 6) is 0. The molecule has 1 aliphatic rings. The zero-order valence-corrected chi connectivity index (χ0v) is 10.6. The molecular weight excluding hydrogens is 236 g/mol. The van der Waals surface area contributed by atoms with Gasteiger partial charge in [-0.2, -0.15) is 8.42 Å². The lowest BCUT2D eigenvalue weighted by Gasteiger charge is -2.21. The first-order valence-electron chi connectivity index (χ1n) is 4.93. The molecular formula is C8H22N2O5S. The summed E-state index contributed by atoms with van der Waals surface area (Å²) in [4.78, 5) is 0. The van der Waals surface area contributed by atoms with Crippen molar-refractivity contribution in [2.75, 3.05) is 26.3 Å². The molecule has 100 valence electrons. The number of hydrogen-bond acceptors (Lipinski definition) is 6. The number of hydrogen-bond donors (Lipinski definition) is 3. The molecule has 0 aromatic rings. The first-order chi connectivity index (χ1) is 6.99. The van der Waals surface area contributed by atoms with Crippen LogP contribution in [0.2, 0.25) is 0 Å². The van der Waals surface area contributed by atoms with Gasteiger partial charge in [0.2, 0.25) is 0 Å². The Hall–Kier alpha value is -0.250. The molecule has 0 saturated carbocycles. The summed E-state index contributed by atoms with van der Waals surface area (Å²) in [6, 6.07) is 0. The zero-order valence-electron chi connectivity index (χ0n) is 9.81. The van der Waals surface area contributed by atoms with Crippen molar-refractivity contribution >= 4 is 10.4 Å². The van der Waals surface area contributed by atoms with E-state index in [0.29, 0.717) is 6.10 Å². The Kier molecular flexibility index (Phi) is 11.3. The Labute approximate surface area is 97.0 Å². The van der Waals surface area contributed by atoms with Crippen LogP contribution < -0.4 is 11.5 Å². The van der Waals surface area contributed by atoms with E-state index in [4.69, 9.17) is 9.29 Å². The topological polar surface area (TPSA) is 120 Å². The highest BCUT2D eigenvalue weighted by molar-refractivity contribution is 7.80. The lowest BCUT2D eigenvalue weighted by atomic mass is 10.2. The molecule has 0 spiro atoms. The maximum absolute atomic E-state index is 9.56. The van der Waals surface area contributed by atoms with Gasteiger partial charge in [0.25, 0.3) is 0 Å². The first kappa shape index (κ1) is 18.1. The highest BCUT2D eigenvalue weighted by Gasteiger charge is 2.08. The van der Waals surface area contributed by atoms with Crippen molar-refractivity contribution in [3.63, 3.8) is 0 Å². The van der Waals surface area contributed by atoms with E-state index in [1.807, 2.05) is 0 Å². The standard InChI is InChI=1S/C6H13NO.C2H6O4S.H3N/c1-2-6-5-7-3-4-8-6;1-2-6-7(3,4)5;/h6-7H,2-5H2,1H3;2H2,1H3,(H,3,4,5);1H3. The molecule has 1 atom stereocenters. The van der Waals surface area contributed by atoms with E-state index >= 15 is 0 Å². The van der Waals surface area contributed by atoms with Crippen LogP contribution in [0.15, 0.2) is 0 Å². The molecule has 0 aliphatic carbocycles. The van der Waals surface area contributed by atoms with Gasteiger partial charge < -0.3 is 16.2 Å². The Bertz CT molecular complexity index is 239. The van der Waals surface area contributed by atoms with Crippen LogP contribution >= 0.6 is 0 Å². The molecule has 0 aromatic carbocycles. The molecule has 1 heterocycles. The Balaban J connectivity index is 0. The summed E-state index contributed by atoms with van der Waals surface area (Å²) in [6.07, 6.45) is 1.61. The molecule has 0 amide bonds. The molecule has 1 rings (SSSR count). The molecule has 8 heteroatoms. The average Bonchev–Trinajstić information content (AvgIpc) is 2.18. The van der Waals surface area contributed by atoms with Crippen LogP contribution in [0.1, 0.15) is 20.3 Å². The van der Waals surface area contributed by atoms with E-state index in [2.05, 4.69) is 16.4 Å². The second-order valence-corrected chi connectivity index (χ2v) is 4.03. The molecule has 16 heavy (non-hydrogen) atoms. The average molecular weight is 258 g/mol. The molecule has 0 aromatic heterocycles. The first-order valence-corrected chi connectivity index (χ1v) is 6.30. The van der Waals surface area contributed by atoms with E-state index in [9.17, 15) is 8.42 Å². The fraction of sp³-hybridized carbons (Fsp3) is 1.00. The van der Waals surface area contributed by atoms with E-state index in [1.165, 1.54) is 6.92 Å². The van der Waals surface area contributed by atoms with Gasteiger partial charge in [0, 0.05) is 13.1 Å². The van der Waals surface area contributed by atoms with Gasteiger partial charge >= 0.3 is 10.4 Å². The van der Waals surface area contributed by atoms with Crippen LogP contribution in [0.3, 0.4) is 0 Å². The second kappa shape index (κ2) is 9.94. The molecule has 1 aliphatic heterocycles. The summed E-state index contributed by atoms with van der Waals surface area (Å²) in [5, 5.41) is 3.26. The summed E-state index contributed by atoms with van der Waals surface area (Å²) in [6.45, 7) is 6.54. The fourth-order valence-electron chi connectivity index (χ4n) is 1.03. The van der Waals surface area contributed by atoms with Crippen LogP contribution in [0.25, 0.3) is 0 Å². The predicted molar refractivity (Wildman–Crippen MR) is 61.1 cm³/mol. The number of nitrogens with one attached hydrogen (secondary N) is 1. The summed E-state index contributed by atoms with van der Waals surface area (Å²) < 4.78 is 36.0. The van der Waals surface area contributed by atoms with Gasteiger partial charge in [-0.25, -0.2) is 4.18 Å². The smallest absolute Gasteiger partial charge is 0.376 e. The maximum atomic E-state index is 9.56. The van der Waals surface area contributed by atoms with Crippen molar-refractivity contribution in [2.24, 2.45) is 0 Å². The van der Waals surface area contributed by atoms with Gasteiger partial charge in [0.05, 0.1) is 19.3 Å². The van der Waals surface area contributed by atoms with Crippen LogP contribution in [0.5, 0.6) is 0 Å². The van der Waals surface area contributed by atoms with Gasteiger partial charge in [-0.15, -0.1) is 0 Å². The van der Waals surface area contributed by atoms with Crippen LogP contribution in [-0.4, -0.2) is 45.4 Å². The molecule has 1 saturated heterocycles. The van der Waals surface area contributed by atoms with Gasteiger partial charge in [0.1, 0.15) is 0 Å². The highest BCUT2D eigenvalue weighted by Crippen LogP contribution is 1.98. The van der Waals surface area contributed by atoms with Crippen LogP contribution in [0.4, 0.5) is 0 Å². The molecule has 0 radical (unpaired) electrons. The van der Waals surface area contributed by atoms with Gasteiger partial charge in [-0.3, -0.25) is 4.55 Å². The van der Waals surface area contributed by atoms with Crippen molar-refractivity contribution < 1.29 is 21.9 Å². The number of morpholine rings is 1. The predicted octanol–water partition coefficient (Wildman–Crippen LogP) is 0.373. The van der Waals surface area contributed by atoms with Gasteiger partial charge in [0.15, 0.2) is 0 Å². The van der Waals surface area contributed by atoms with Crippen molar-refractivity contribution in [3.8, 4) is 0 Å². The summed E-state index contributed by atoms with van der Waals surface area (Å²) in [7, 11) is -4.17. The normalized spacial score (nSPS) is 20.3. The largest absolute Gasteiger partial charge is 0.397 e. The number of ether oxygens (including phenoxy) is 1. The highest BCUT2D eigenvalue weighted by atomic mass is 32.3. The minimum absolute atomic E-state index is 0. The van der Waals surface area contributed by atoms with Gasteiger partial charge in [-0.05, 0) is 13.3 Å². The third kappa shape index (κ3) is 11.8.